The molecule has 6 heteroatoms. The quantitative estimate of drug-likeness (QED) is 0.652. The van der Waals surface area contributed by atoms with Crippen LogP contribution in [-0.4, -0.2) is 9.97 Å². The van der Waals surface area contributed by atoms with Gasteiger partial charge in [-0.05, 0) is 24.3 Å². The Bertz CT molecular complexity index is 667. The molecule has 3 aromatic heterocycles. The van der Waals surface area contributed by atoms with Crippen molar-refractivity contribution in [1.29, 1.82) is 0 Å². The van der Waals surface area contributed by atoms with Crippen molar-refractivity contribution in [3.8, 4) is 10.8 Å². The first-order valence-electron chi connectivity index (χ1n) is 5.54. The third-order valence-corrected chi connectivity index (χ3v) is 4.73. The van der Waals surface area contributed by atoms with Crippen molar-refractivity contribution < 1.29 is 4.42 Å². The zero-order chi connectivity index (χ0) is 13.1. The minimum Gasteiger partial charge on any atom is -0.462 e. The van der Waals surface area contributed by atoms with E-state index in [1.807, 2.05) is 29.6 Å². The van der Waals surface area contributed by atoms with Crippen LogP contribution in [0.4, 0.5) is 0 Å². The number of halogens is 1. The van der Waals surface area contributed by atoms with E-state index in [1.54, 1.807) is 35.6 Å². The molecule has 3 heterocycles. The molecule has 0 aliphatic heterocycles. The van der Waals surface area contributed by atoms with E-state index in [2.05, 4.69) is 9.97 Å². The van der Waals surface area contributed by atoms with E-state index in [0.717, 1.165) is 27.2 Å². The van der Waals surface area contributed by atoms with Crippen LogP contribution in [0.2, 0.25) is 5.02 Å². The van der Waals surface area contributed by atoms with Gasteiger partial charge in [0.25, 0.3) is 0 Å². The number of hydrogen-bond donors (Lipinski definition) is 0. The predicted molar refractivity (Wildman–Crippen MR) is 78.6 cm³/mol. The van der Waals surface area contributed by atoms with Gasteiger partial charge in [0.2, 0.25) is 0 Å². The molecule has 0 N–H and O–H groups in total. The second-order valence-corrected chi connectivity index (χ2v) is 5.93. The molecule has 3 aromatic rings. The molecule has 0 saturated carbocycles. The Morgan fingerprint density at radius 2 is 2.26 bits per heavy atom. The lowest BCUT2D eigenvalue weighted by molar-refractivity contribution is 0.581. The Morgan fingerprint density at radius 3 is 3.05 bits per heavy atom. The van der Waals surface area contributed by atoms with E-state index < -0.39 is 0 Å². The van der Waals surface area contributed by atoms with E-state index >= 15 is 0 Å². The fraction of sp³-hybridized carbons (Fsp3) is 0.0769. The van der Waals surface area contributed by atoms with Gasteiger partial charge in [-0.2, -0.15) is 0 Å². The van der Waals surface area contributed by atoms with Crippen molar-refractivity contribution >= 4 is 34.7 Å². The van der Waals surface area contributed by atoms with Gasteiger partial charge >= 0.3 is 0 Å². The lowest BCUT2D eigenvalue weighted by atomic mass is 10.5. The highest BCUT2D eigenvalue weighted by atomic mass is 35.5. The molecule has 3 nitrogen and oxygen atoms in total. The smallest absolute Gasteiger partial charge is 0.162 e. The van der Waals surface area contributed by atoms with Crippen LogP contribution in [0.1, 0.15) is 5.69 Å². The molecular formula is C13H9ClN2OS2. The van der Waals surface area contributed by atoms with Crippen LogP contribution >= 0.6 is 34.7 Å². The second-order valence-electron chi connectivity index (χ2n) is 3.70. The Hall–Kier alpha value is -1.30. The summed E-state index contributed by atoms with van der Waals surface area (Å²) in [5, 5.41) is 4.43. The molecule has 0 unspecified atom stereocenters. The largest absolute Gasteiger partial charge is 0.462 e. The van der Waals surface area contributed by atoms with Gasteiger partial charge in [0.1, 0.15) is 5.03 Å². The molecule has 0 atom stereocenters. The number of pyridine rings is 1. The van der Waals surface area contributed by atoms with Gasteiger partial charge in [-0.1, -0.05) is 23.4 Å². The van der Waals surface area contributed by atoms with Crippen LogP contribution in [0.15, 0.2) is 51.5 Å². The molecule has 19 heavy (non-hydrogen) atoms. The zero-order valence-corrected chi connectivity index (χ0v) is 12.1. The second kappa shape index (κ2) is 5.77. The number of aromatic nitrogens is 2. The topological polar surface area (TPSA) is 38.9 Å². The van der Waals surface area contributed by atoms with Crippen LogP contribution < -0.4 is 0 Å². The maximum Gasteiger partial charge on any atom is 0.162 e. The third-order valence-electron chi connectivity index (χ3n) is 2.37. The third kappa shape index (κ3) is 3.00. The summed E-state index contributed by atoms with van der Waals surface area (Å²) in [7, 11) is 0. The van der Waals surface area contributed by atoms with E-state index in [-0.39, 0.29) is 0 Å². The van der Waals surface area contributed by atoms with Crippen LogP contribution in [0.25, 0.3) is 10.8 Å². The fourth-order valence-corrected chi connectivity index (χ4v) is 3.46. The first kappa shape index (κ1) is 12.7. The standard InChI is InChI=1S/C13H9ClN2OS2/c14-10-3-1-5-15-12(10)18-7-9-8-19-13(16-9)11-4-2-6-17-11/h1-6,8H,7H2. The summed E-state index contributed by atoms with van der Waals surface area (Å²) in [6.45, 7) is 0. The van der Waals surface area contributed by atoms with Gasteiger partial charge < -0.3 is 4.42 Å². The highest BCUT2D eigenvalue weighted by Gasteiger charge is 2.08. The normalized spacial score (nSPS) is 10.8. The van der Waals surface area contributed by atoms with Crippen molar-refractivity contribution in [2.45, 2.75) is 10.8 Å². The van der Waals surface area contributed by atoms with E-state index in [0.29, 0.717) is 5.02 Å². The molecule has 0 spiro atoms. The van der Waals surface area contributed by atoms with Crippen LogP contribution in [0.5, 0.6) is 0 Å². The molecule has 0 aromatic carbocycles. The van der Waals surface area contributed by atoms with Gasteiger partial charge in [0.15, 0.2) is 10.8 Å². The number of furan rings is 1. The summed E-state index contributed by atoms with van der Waals surface area (Å²) in [5.41, 5.74) is 1.00. The maximum atomic E-state index is 6.06. The SMILES string of the molecule is Clc1cccnc1SCc1csc(-c2ccco2)n1. The Balaban J connectivity index is 1.70. The molecule has 0 aliphatic rings. The average molecular weight is 309 g/mol. The van der Waals surface area contributed by atoms with E-state index in [1.165, 1.54) is 0 Å². The molecular weight excluding hydrogens is 300 g/mol. The van der Waals surface area contributed by atoms with Crippen molar-refractivity contribution in [3.63, 3.8) is 0 Å². The van der Waals surface area contributed by atoms with Crippen molar-refractivity contribution in [2.75, 3.05) is 0 Å². The van der Waals surface area contributed by atoms with E-state index in [4.69, 9.17) is 16.0 Å². The number of hydrogen-bond acceptors (Lipinski definition) is 5. The number of rotatable bonds is 4. The van der Waals surface area contributed by atoms with Crippen molar-refractivity contribution in [2.24, 2.45) is 0 Å². The molecule has 0 saturated heterocycles. The molecule has 0 aliphatic carbocycles. The highest BCUT2D eigenvalue weighted by Crippen LogP contribution is 2.30. The summed E-state index contributed by atoms with van der Waals surface area (Å²) in [5.74, 6) is 1.55. The van der Waals surface area contributed by atoms with Crippen LogP contribution in [-0.2, 0) is 5.75 Å². The lowest BCUT2D eigenvalue weighted by Crippen LogP contribution is -1.84. The monoisotopic (exact) mass is 308 g/mol. The highest BCUT2D eigenvalue weighted by molar-refractivity contribution is 7.98. The molecule has 0 fully saturated rings. The Morgan fingerprint density at radius 1 is 1.32 bits per heavy atom. The van der Waals surface area contributed by atoms with Gasteiger partial charge in [-0.25, -0.2) is 9.97 Å². The molecule has 0 radical (unpaired) electrons. The lowest BCUT2D eigenvalue weighted by Gasteiger charge is -2.00. The predicted octanol–water partition coefficient (Wildman–Crippen LogP) is 4.74. The summed E-state index contributed by atoms with van der Waals surface area (Å²) in [4.78, 5) is 8.77. The van der Waals surface area contributed by atoms with Gasteiger partial charge in [0, 0.05) is 17.3 Å². The fourth-order valence-electron chi connectivity index (χ4n) is 1.51. The first-order chi connectivity index (χ1) is 9.33. The van der Waals surface area contributed by atoms with Crippen LogP contribution in [0.3, 0.4) is 0 Å². The average Bonchev–Trinajstić information content (AvgIpc) is 3.09. The maximum absolute atomic E-state index is 6.06. The van der Waals surface area contributed by atoms with Gasteiger partial charge in [-0.3, -0.25) is 0 Å². The molecule has 0 amide bonds. The molecule has 3 rings (SSSR count). The Kier molecular flexibility index (Phi) is 3.87. The van der Waals surface area contributed by atoms with E-state index in [9.17, 15) is 0 Å². The summed E-state index contributed by atoms with van der Waals surface area (Å²) < 4.78 is 5.32. The summed E-state index contributed by atoms with van der Waals surface area (Å²) in [6.07, 6.45) is 3.39. The van der Waals surface area contributed by atoms with Crippen LogP contribution in [0, 0.1) is 0 Å². The minimum atomic E-state index is 0.675. The van der Waals surface area contributed by atoms with Crippen molar-refractivity contribution in [3.05, 3.63) is 52.8 Å². The first-order valence-corrected chi connectivity index (χ1v) is 7.79. The van der Waals surface area contributed by atoms with Crippen molar-refractivity contribution in [1.82, 2.24) is 9.97 Å². The molecule has 0 bridgehead atoms. The minimum absolute atomic E-state index is 0.675. The Labute approximate surface area is 123 Å². The van der Waals surface area contributed by atoms with Gasteiger partial charge in [0.05, 0.1) is 17.0 Å². The number of nitrogens with zero attached hydrogens (tertiary/aromatic N) is 2. The van der Waals surface area contributed by atoms with Gasteiger partial charge in [-0.15, -0.1) is 11.3 Å². The summed E-state index contributed by atoms with van der Waals surface area (Å²) in [6, 6.07) is 7.43. The number of thioether (sulfide) groups is 1. The zero-order valence-electron chi connectivity index (χ0n) is 9.75. The summed E-state index contributed by atoms with van der Waals surface area (Å²) >= 11 is 9.22. The number of thiazole rings is 1. The molecule has 96 valence electrons.